The summed E-state index contributed by atoms with van der Waals surface area (Å²) >= 11 is 1.63. The van der Waals surface area contributed by atoms with Crippen LogP contribution in [0.2, 0.25) is 0 Å². The zero-order chi connectivity index (χ0) is 11.9. The fourth-order valence-electron chi connectivity index (χ4n) is 1.71. The molecule has 5 nitrogen and oxygen atoms in total. The van der Waals surface area contributed by atoms with Crippen LogP contribution in [0.25, 0.3) is 0 Å². The van der Waals surface area contributed by atoms with E-state index in [0.29, 0.717) is 0 Å². The van der Waals surface area contributed by atoms with Crippen LogP contribution < -0.4 is 5.32 Å². The first kappa shape index (κ1) is 12.6. The molecule has 94 valence electrons. The van der Waals surface area contributed by atoms with Gasteiger partial charge in [-0.05, 0) is 6.26 Å². The number of hydrogen-bond donors (Lipinski definition) is 1. The van der Waals surface area contributed by atoms with Crippen LogP contribution in [0.15, 0.2) is 17.4 Å². The molecule has 1 fully saturated rings. The van der Waals surface area contributed by atoms with E-state index in [4.69, 9.17) is 4.74 Å². The van der Waals surface area contributed by atoms with Crippen LogP contribution in [0.5, 0.6) is 0 Å². The summed E-state index contributed by atoms with van der Waals surface area (Å²) in [5.41, 5.74) is 0. The fourth-order valence-corrected chi connectivity index (χ4v) is 2.10. The summed E-state index contributed by atoms with van der Waals surface area (Å²) in [5.74, 6) is 0.901. The summed E-state index contributed by atoms with van der Waals surface area (Å²) in [6.45, 7) is 5.70. The number of morpholine rings is 1. The molecular formula is C11H18N4OS. The van der Waals surface area contributed by atoms with Gasteiger partial charge in [0, 0.05) is 32.2 Å². The lowest BCUT2D eigenvalue weighted by Crippen LogP contribution is -2.39. The van der Waals surface area contributed by atoms with Gasteiger partial charge in [0.05, 0.1) is 13.2 Å². The molecule has 0 unspecified atom stereocenters. The van der Waals surface area contributed by atoms with E-state index < -0.39 is 0 Å². The van der Waals surface area contributed by atoms with Crippen LogP contribution >= 0.6 is 11.8 Å². The van der Waals surface area contributed by atoms with Gasteiger partial charge in [-0.3, -0.25) is 4.90 Å². The molecule has 1 aliphatic rings. The highest BCUT2D eigenvalue weighted by Crippen LogP contribution is 2.13. The minimum Gasteiger partial charge on any atom is -0.379 e. The van der Waals surface area contributed by atoms with Crippen molar-refractivity contribution in [2.24, 2.45) is 0 Å². The Labute approximate surface area is 106 Å². The third kappa shape index (κ3) is 4.14. The van der Waals surface area contributed by atoms with E-state index >= 15 is 0 Å². The SMILES string of the molecule is CSc1cc(NCCN2CCOCC2)ncn1. The number of nitrogens with zero attached hydrogens (tertiary/aromatic N) is 3. The van der Waals surface area contributed by atoms with Crippen LogP contribution in [0.3, 0.4) is 0 Å². The Hall–Kier alpha value is -0.850. The van der Waals surface area contributed by atoms with Gasteiger partial charge in [0.25, 0.3) is 0 Å². The highest BCUT2D eigenvalue weighted by Gasteiger charge is 2.09. The lowest BCUT2D eigenvalue weighted by Gasteiger charge is -2.26. The van der Waals surface area contributed by atoms with E-state index in [-0.39, 0.29) is 0 Å². The maximum Gasteiger partial charge on any atom is 0.130 e. The molecule has 0 spiro atoms. The van der Waals surface area contributed by atoms with Crippen molar-refractivity contribution in [1.82, 2.24) is 14.9 Å². The fraction of sp³-hybridized carbons (Fsp3) is 0.636. The number of anilines is 1. The minimum absolute atomic E-state index is 0.851. The molecule has 1 aromatic heterocycles. The summed E-state index contributed by atoms with van der Waals surface area (Å²) in [4.78, 5) is 10.7. The molecule has 0 radical (unpaired) electrons. The monoisotopic (exact) mass is 254 g/mol. The molecule has 1 aliphatic heterocycles. The maximum absolute atomic E-state index is 5.31. The third-order valence-electron chi connectivity index (χ3n) is 2.69. The van der Waals surface area contributed by atoms with Gasteiger partial charge in [-0.1, -0.05) is 0 Å². The molecule has 0 bridgehead atoms. The van der Waals surface area contributed by atoms with Gasteiger partial charge in [-0.2, -0.15) is 0 Å². The van der Waals surface area contributed by atoms with Crippen LogP contribution in [0, 0.1) is 0 Å². The quantitative estimate of drug-likeness (QED) is 0.623. The largest absolute Gasteiger partial charge is 0.379 e. The van der Waals surface area contributed by atoms with Crippen molar-refractivity contribution in [3.8, 4) is 0 Å². The molecule has 0 amide bonds. The van der Waals surface area contributed by atoms with Gasteiger partial charge in [0.1, 0.15) is 17.2 Å². The lowest BCUT2D eigenvalue weighted by molar-refractivity contribution is 0.0398. The molecule has 1 aromatic rings. The number of ether oxygens (including phenoxy) is 1. The Kier molecular flexibility index (Phi) is 5.03. The molecule has 1 N–H and O–H groups in total. The maximum atomic E-state index is 5.31. The van der Waals surface area contributed by atoms with Crippen molar-refractivity contribution in [2.75, 3.05) is 51.0 Å². The van der Waals surface area contributed by atoms with Crippen molar-refractivity contribution in [2.45, 2.75) is 5.03 Å². The van der Waals surface area contributed by atoms with Crippen LogP contribution in [0.4, 0.5) is 5.82 Å². The average Bonchev–Trinajstić information content (AvgIpc) is 2.40. The average molecular weight is 254 g/mol. The summed E-state index contributed by atoms with van der Waals surface area (Å²) < 4.78 is 5.31. The first-order valence-corrected chi connectivity index (χ1v) is 7.01. The Morgan fingerprint density at radius 3 is 3.00 bits per heavy atom. The Balaban J connectivity index is 1.73. The molecule has 1 saturated heterocycles. The van der Waals surface area contributed by atoms with E-state index in [1.807, 2.05) is 12.3 Å². The highest BCUT2D eigenvalue weighted by atomic mass is 32.2. The lowest BCUT2D eigenvalue weighted by atomic mass is 10.4. The van der Waals surface area contributed by atoms with E-state index in [1.165, 1.54) is 0 Å². The van der Waals surface area contributed by atoms with Crippen molar-refractivity contribution < 1.29 is 4.74 Å². The molecule has 0 aliphatic carbocycles. The Morgan fingerprint density at radius 2 is 2.24 bits per heavy atom. The van der Waals surface area contributed by atoms with Crippen LogP contribution in [0.1, 0.15) is 0 Å². The molecular weight excluding hydrogens is 236 g/mol. The van der Waals surface area contributed by atoms with E-state index in [1.54, 1.807) is 18.1 Å². The number of aromatic nitrogens is 2. The Morgan fingerprint density at radius 1 is 1.41 bits per heavy atom. The highest BCUT2D eigenvalue weighted by molar-refractivity contribution is 7.98. The van der Waals surface area contributed by atoms with Gasteiger partial charge >= 0.3 is 0 Å². The summed E-state index contributed by atoms with van der Waals surface area (Å²) in [6, 6.07) is 1.98. The summed E-state index contributed by atoms with van der Waals surface area (Å²) in [7, 11) is 0. The number of hydrogen-bond acceptors (Lipinski definition) is 6. The molecule has 0 saturated carbocycles. The molecule has 2 heterocycles. The molecule has 0 aromatic carbocycles. The number of rotatable bonds is 5. The first-order valence-electron chi connectivity index (χ1n) is 5.78. The van der Waals surface area contributed by atoms with Crippen LogP contribution in [-0.2, 0) is 4.74 Å². The molecule has 0 atom stereocenters. The van der Waals surface area contributed by atoms with Crippen molar-refractivity contribution in [3.63, 3.8) is 0 Å². The second-order valence-corrected chi connectivity index (χ2v) is 4.65. The van der Waals surface area contributed by atoms with Gasteiger partial charge in [-0.25, -0.2) is 9.97 Å². The second kappa shape index (κ2) is 6.78. The number of nitrogens with one attached hydrogen (secondary N) is 1. The first-order chi connectivity index (χ1) is 8.38. The van der Waals surface area contributed by atoms with Gasteiger partial charge in [0.15, 0.2) is 0 Å². The standard InChI is InChI=1S/C11H18N4OS/c1-17-11-8-10(13-9-14-11)12-2-3-15-4-6-16-7-5-15/h8-9H,2-7H2,1H3,(H,12,13,14). The smallest absolute Gasteiger partial charge is 0.130 e. The topological polar surface area (TPSA) is 50.3 Å². The van der Waals surface area contributed by atoms with Crippen molar-refractivity contribution >= 4 is 17.6 Å². The zero-order valence-electron chi connectivity index (χ0n) is 10.1. The molecule has 6 heteroatoms. The van der Waals surface area contributed by atoms with Crippen molar-refractivity contribution in [1.29, 1.82) is 0 Å². The summed E-state index contributed by atoms with van der Waals surface area (Å²) in [6.07, 6.45) is 3.61. The van der Waals surface area contributed by atoms with Crippen molar-refractivity contribution in [3.05, 3.63) is 12.4 Å². The summed E-state index contributed by atoms with van der Waals surface area (Å²) in [5, 5.41) is 4.31. The third-order valence-corrected chi connectivity index (χ3v) is 3.33. The normalized spacial score (nSPS) is 17.0. The number of thioether (sulfide) groups is 1. The van der Waals surface area contributed by atoms with E-state index in [2.05, 4.69) is 20.2 Å². The van der Waals surface area contributed by atoms with Gasteiger partial charge < -0.3 is 10.1 Å². The molecule has 17 heavy (non-hydrogen) atoms. The molecule has 2 rings (SSSR count). The predicted octanol–water partition coefficient (Wildman–Crippen LogP) is 0.943. The van der Waals surface area contributed by atoms with Gasteiger partial charge in [0.2, 0.25) is 0 Å². The van der Waals surface area contributed by atoms with Gasteiger partial charge in [-0.15, -0.1) is 11.8 Å². The van der Waals surface area contributed by atoms with E-state index in [0.717, 1.165) is 50.2 Å². The predicted molar refractivity (Wildman–Crippen MR) is 69.6 cm³/mol. The second-order valence-electron chi connectivity index (χ2n) is 3.83. The zero-order valence-corrected chi connectivity index (χ0v) is 10.9. The van der Waals surface area contributed by atoms with Crippen LogP contribution in [-0.4, -0.2) is 60.5 Å². The Bertz CT molecular complexity index is 344. The van der Waals surface area contributed by atoms with E-state index in [9.17, 15) is 0 Å². The minimum atomic E-state index is 0.851.